The fourth-order valence-corrected chi connectivity index (χ4v) is 2.54. The molecule has 3 aromatic rings. The number of nitrogens with zero attached hydrogens (tertiary/aromatic N) is 3. The molecular weight excluding hydrogens is 298 g/mol. The molecule has 2 aromatic carbocycles. The second kappa shape index (κ2) is 6.62. The van der Waals surface area contributed by atoms with Crippen LogP contribution in [-0.2, 0) is 13.0 Å². The quantitative estimate of drug-likeness (QED) is 0.723. The highest BCUT2D eigenvalue weighted by Gasteiger charge is 2.07. The van der Waals surface area contributed by atoms with Crippen molar-refractivity contribution in [1.82, 2.24) is 15.0 Å². The third-order valence-corrected chi connectivity index (χ3v) is 3.62. The summed E-state index contributed by atoms with van der Waals surface area (Å²) in [5.41, 5.74) is 3.13. The zero-order chi connectivity index (χ0) is 15.4. The van der Waals surface area contributed by atoms with Crippen LogP contribution in [0.1, 0.15) is 16.8 Å². The molecule has 0 aliphatic rings. The Morgan fingerprint density at radius 3 is 2.73 bits per heavy atom. The molecule has 0 unspecified atom stereocenters. The Morgan fingerprint density at radius 1 is 1.14 bits per heavy atom. The van der Waals surface area contributed by atoms with Crippen molar-refractivity contribution in [1.29, 1.82) is 0 Å². The molecule has 0 N–H and O–H groups in total. The van der Waals surface area contributed by atoms with Crippen molar-refractivity contribution in [2.45, 2.75) is 13.0 Å². The smallest absolute Gasteiger partial charge is 0.124 e. The van der Waals surface area contributed by atoms with Gasteiger partial charge in [0.25, 0.3) is 0 Å². The first-order valence-electron chi connectivity index (χ1n) is 7.00. The number of benzene rings is 2. The van der Waals surface area contributed by atoms with E-state index in [1.165, 1.54) is 5.56 Å². The monoisotopic (exact) mass is 313 g/mol. The summed E-state index contributed by atoms with van der Waals surface area (Å²) in [5, 5.41) is 9.09. The zero-order valence-electron chi connectivity index (χ0n) is 12.2. The summed E-state index contributed by atoms with van der Waals surface area (Å²) in [4.78, 5) is 0. The van der Waals surface area contributed by atoms with Gasteiger partial charge in [-0.2, -0.15) is 0 Å². The molecule has 5 heteroatoms. The van der Waals surface area contributed by atoms with Gasteiger partial charge < -0.3 is 4.74 Å². The largest absolute Gasteiger partial charge is 0.496 e. The molecule has 22 heavy (non-hydrogen) atoms. The minimum atomic E-state index is 0.575. The number of hydrogen-bond donors (Lipinski definition) is 0. The number of aromatic nitrogens is 3. The lowest BCUT2D eigenvalue weighted by Crippen LogP contribution is -2.02. The summed E-state index contributed by atoms with van der Waals surface area (Å²) in [6, 6.07) is 15.8. The normalized spacial score (nSPS) is 10.6. The highest BCUT2D eigenvalue weighted by atomic mass is 35.5. The van der Waals surface area contributed by atoms with Crippen LogP contribution in [0.15, 0.2) is 54.7 Å². The zero-order valence-corrected chi connectivity index (χ0v) is 13.0. The predicted octanol–water partition coefficient (Wildman–Crippen LogP) is 3.58. The van der Waals surface area contributed by atoms with Gasteiger partial charge in [0.05, 0.1) is 19.3 Å². The Hall–Kier alpha value is -2.33. The van der Waals surface area contributed by atoms with Gasteiger partial charge >= 0.3 is 0 Å². The number of halogens is 1. The van der Waals surface area contributed by atoms with Gasteiger partial charge in [0.15, 0.2) is 0 Å². The average Bonchev–Trinajstić information content (AvgIpc) is 2.96. The Labute approximate surface area is 134 Å². The van der Waals surface area contributed by atoms with Crippen LogP contribution in [-0.4, -0.2) is 22.1 Å². The summed E-state index contributed by atoms with van der Waals surface area (Å²) in [6.45, 7) is 0.575. The molecule has 0 fully saturated rings. The van der Waals surface area contributed by atoms with Crippen molar-refractivity contribution >= 4 is 11.6 Å². The fourth-order valence-electron chi connectivity index (χ4n) is 2.35. The third-order valence-electron chi connectivity index (χ3n) is 3.39. The van der Waals surface area contributed by atoms with Gasteiger partial charge in [-0.1, -0.05) is 47.1 Å². The van der Waals surface area contributed by atoms with E-state index in [2.05, 4.69) is 22.4 Å². The lowest BCUT2D eigenvalue weighted by Gasteiger charge is -2.08. The Morgan fingerprint density at radius 2 is 1.95 bits per heavy atom. The van der Waals surface area contributed by atoms with Crippen molar-refractivity contribution in [2.75, 3.05) is 7.11 Å². The molecule has 0 aliphatic carbocycles. The topological polar surface area (TPSA) is 39.9 Å². The minimum absolute atomic E-state index is 0.575. The summed E-state index contributed by atoms with van der Waals surface area (Å²) < 4.78 is 7.15. The van der Waals surface area contributed by atoms with Crippen LogP contribution >= 0.6 is 11.6 Å². The van der Waals surface area contributed by atoms with Crippen LogP contribution < -0.4 is 4.74 Å². The molecular formula is C17H16ClN3O. The van der Waals surface area contributed by atoms with Gasteiger partial charge in [-0.25, -0.2) is 4.68 Å². The van der Waals surface area contributed by atoms with E-state index < -0.39 is 0 Å². The summed E-state index contributed by atoms with van der Waals surface area (Å²) >= 11 is 6.05. The molecule has 4 nitrogen and oxygen atoms in total. The van der Waals surface area contributed by atoms with E-state index in [4.69, 9.17) is 16.3 Å². The van der Waals surface area contributed by atoms with E-state index in [0.29, 0.717) is 11.6 Å². The van der Waals surface area contributed by atoms with E-state index in [9.17, 15) is 0 Å². The number of rotatable bonds is 5. The van der Waals surface area contributed by atoms with Crippen molar-refractivity contribution in [3.8, 4) is 5.75 Å². The van der Waals surface area contributed by atoms with Crippen LogP contribution in [0.4, 0.5) is 0 Å². The first kappa shape index (κ1) is 14.6. The molecule has 3 rings (SSSR count). The van der Waals surface area contributed by atoms with Crippen LogP contribution in [0, 0.1) is 0 Å². The standard InChI is InChI=1S/C17H16ClN3O/c1-22-17-8-7-15(18)10-14(17)11-21-12-16(19-20-21)9-13-5-3-2-4-6-13/h2-8,10,12H,9,11H2,1H3. The summed E-state index contributed by atoms with van der Waals surface area (Å²) in [6.07, 6.45) is 2.72. The van der Waals surface area contributed by atoms with E-state index >= 15 is 0 Å². The maximum absolute atomic E-state index is 6.05. The molecule has 0 aliphatic heterocycles. The van der Waals surface area contributed by atoms with Crippen LogP contribution in [0.5, 0.6) is 5.75 Å². The molecule has 0 saturated heterocycles. The molecule has 1 heterocycles. The molecule has 0 atom stereocenters. The lowest BCUT2D eigenvalue weighted by atomic mass is 10.1. The van der Waals surface area contributed by atoms with Crippen LogP contribution in [0.2, 0.25) is 5.02 Å². The molecule has 0 spiro atoms. The maximum Gasteiger partial charge on any atom is 0.124 e. The maximum atomic E-state index is 6.05. The molecule has 0 saturated carbocycles. The molecule has 1 aromatic heterocycles. The SMILES string of the molecule is COc1ccc(Cl)cc1Cn1cc(Cc2ccccc2)nn1. The molecule has 0 amide bonds. The van der Waals surface area contributed by atoms with Crippen molar-refractivity contribution in [2.24, 2.45) is 0 Å². The highest BCUT2D eigenvalue weighted by Crippen LogP contribution is 2.23. The average molecular weight is 314 g/mol. The number of ether oxygens (including phenoxy) is 1. The number of hydrogen-bond acceptors (Lipinski definition) is 3. The first-order chi connectivity index (χ1) is 10.7. The van der Waals surface area contributed by atoms with Gasteiger partial charge in [0, 0.05) is 23.2 Å². The second-order valence-corrected chi connectivity index (χ2v) is 5.46. The number of methoxy groups -OCH3 is 1. The van der Waals surface area contributed by atoms with Crippen molar-refractivity contribution in [3.05, 3.63) is 76.6 Å². The van der Waals surface area contributed by atoms with Crippen LogP contribution in [0.3, 0.4) is 0 Å². The highest BCUT2D eigenvalue weighted by molar-refractivity contribution is 6.30. The second-order valence-electron chi connectivity index (χ2n) is 5.03. The van der Waals surface area contributed by atoms with Gasteiger partial charge in [0.1, 0.15) is 5.75 Å². The Balaban J connectivity index is 1.76. The van der Waals surface area contributed by atoms with E-state index in [1.54, 1.807) is 11.8 Å². The Bertz CT molecular complexity index is 756. The third kappa shape index (κ3) is 3.46. The molecule has 112 valence electrons. The minimum Gasteiger partial charge on any atom is -0.496 e. The summed E-state index contributed by atoms with van der Waals surface area (Å²) in [7, 11) is 1.65. The van der Waals surface area contributed by atoms with Gasteiger partial charge in [-0.3, -0.25) is 0 Å². The molecule has 0 bridgehead atoms. The van der Waals surface area contributed by atoms with E-state index in [0.717, 1.165) is 23.4 Å². The fraction of sp³-hybridized carbons (Fsp3) is 0.176. The predicted molar refractivity (Wildman–Crippen MR) is 86.4 cm³/mol. The lowest BCUT2D eigenvalue weighted by molar-refractivity contribution is 0.407. The Kier molecular flexibility index (Phi) is 4.39. The van der Waals surface area contributed by atoms with Gasteiger partial charge in [-0.15, -0.1) is 5.10 Å². The van der Waals surface area contributed by atoms with E-state index in [1.807, 2.05) is 42.6 Å². The molecule has 0 radical (unpaired) electrons. The van der Waals surface area contributed by atoms with Crippen molar-refractivity contribution in [3.63, 3.8) is 0 Å². The van der Waals surface area contributed by atoms with Crippen molar-refractivity contribution < 1.29 is 4.74 Å². The summed E-state index contributed by atoms with van der Waals surface area (Å²) in [5.74, 6) is 0.796. The van der Waals surface area contributed by atoms with Gasteiger partial charge in [-0.05, 0) is 23.8 Å². The van der Waals surface area contributed by atoms with Crippen LogP contribution in [0.25, 0.3) is 0 Å². The van der Waals surface area contributed by atoms with Gasteiger partial charge in [0.2, 0.25) is 0 Å². The first-order valence-corrected chi connectivity index (χ1v) is 7.38. The van der Waals surface area contributed by atoms with E-state index in [-0.39, 0.29) is 0 Å².